The second kappa shape index (κ2) is 10.4. The molecule has 0 spiro atoms. The van der Waals surface area contributed by atoms with Gasteiger partial charge in [0.15, 0.2) is 0 Å². The minimum absolute atomic E-state index is 0.0765. The summed E-state index contributed by atoms with van der Waals surface area (Å²) < 4.78 is 0. The van der Waals surface area contributed by atoms with E-state index in [9.17, 15) is 9.59 Å². The van der Waals surface area contributed by atoms with Crippen LogP contribution in [0.15, 0.2) is 0 Å². The van der Waals surface area contributed by atoms with Crippen LogP contribution in [0.3, 0.4) is 0 Å². The SMILES string of the molecule is Cc1nc([C@@H]2CCCN(C(=O)CC(C)C)C2)nc(C)c1CC(=O)NC1CCCCC1. The highest BCUT2D eigenvalue weighted by Gasteiger charge is 2.28. The monoisotopic (exact) mass is 414 g/mol. The molecular weight excluding hydrogens is 376 g/mol. The van der Waals surface area contributed by atoms with Gasteiger partial charge in [-0.1, -0.05) is 33.1 Å². The molecule has 0 radical (unpaired) electrons. The van der Waals surface area contributed by atoms with Crippen molar-refractivity contribution in [2.24, 2.45) is 5.92 Å². The van der Waals surface area contributed by atoms with Gasteiger partial charge in [0.1, 0.15) is 5.82 Å². The minimum atomic E-state index is 0.0765. The Hall–Kier alpha value is -1.98. The number of rotatable bonds is 6. The smallest absolute Gasteiger partial charge is 0.224 e. The first-order valence-corrected chi connectivity index (χ1v) is 11.7. The number of hydrogen-bond acceptors (Lipinski definition) is 4. The molecule has 0 bridgehead atoms. The van der Waals surface area contributed by atoms with Gasteiger partial charge in [-0.25, -0.2) is 9.97 Å². The van der Waals surface area contributed by atoms with Crippen molar-refractivity contribution in [1.82, 2.24) is 20.2 Å². The molecule has 2 fully saturated rings. The summed E-state index contributed by atoms with van der Waals surface area (Å²) in [6.45, 7) is 9.65. The van der Waals surface area contributed by atoms with Crippen molar-refractivity contribution < 1.29 is 9.59 Å². The van der Waals surface area contributed by atoms with Gasteiger partial charge >= 0.3 is 0 Å². The van der Waals surface area contributed by atoms with Crippen LogP contribution in [0.4, 0.5) is 0 Å². The van der Waals surface area contributed by atoms with Crippen molar-refractivity contribution in [2.75, 3.05) is 13.1 Å². The molecule has 1 atom stereocenters. The second-order valence-electron chi connectivity index (χ2n) is 9.59. The minimum Gasteiger partial charge on any atom is -0.353 e. The Balaban J connectivity index is 1.64. The fourth-order valence-electron chi connectivity index (χ4n) is 4.78. The molecule has 6 nitrogen and oxygen atoms in total. The van der Waals surface area contributed by atoms with E-state index in [0.29, 0.717) is 31.3 Å². The molecule has 0 aromatic carbocycles. The molecule has 3 rings (SSSR count). The number of hydrogen-bond donors (Lipinski definition) is 1. The second-order valence-corrected chi connectivity index (χ2v) is 9.59. The van der Waals surface area contributed by atoms with E-state index in [0.717, 1.165) is 55.0 Å². The molecule has 1 saturated carbocycles. The zero-order valence-electron chi connectivity index (χ0n) is 19.2. The summed E-state index contributed by atoms with van der Waals surface area (Å²) in [7, 11) is 0. The van der Waals surface area contributed by atoms with Crippen LogP contribution in [0.2, 0.25) is 0 Å². The summed E-state index contributed by atoms with van der Waals surface area (Å²) in [5.41, 5.74) is 2.72. The van der Waals surface area contributed by atoms with Gasteiger partial charge in [0.05, 0.1) is 6.42 Å². The number of nitrogens with zero attached hydrogens (tertiary/aromatic N) is 3. The summed E-state index contributed by atoms with van der Waals surface area (Å²) in [6.07, 6.45) is 8.81. The number of nitrogens with one attached hydrogen (secondary N) is 1. The lowest BCUT2D eigenvalue weighted by Gasteiger charge is -2.33. The first-order chi connectivity index (χ1) is 14.3. The lowest BCUT2D eigenvalue weighted by atomic mass is 9.95. The van der Waals surface area contributed by atoms with Crippen LogP contribution in [0.5, 0.6) is 0 Å². The van der Waals surface area contributed by atoms with Crippen molar-refractivity contribution in [1.29, 1.82) is 0 Å². The number of aromatic nitrogens is 2. The van der Waals surface area contributed by atoms with E-state index in [4.69, 9.17) is 9.97 Å². The maximum Gasteiger partial charge on any atom is 0.224 e. The Kier molecular flexibility index (Phi) is 7.84. The molecule has 1 aliphatic heterocycles. The topological polar surface area (TPSA) is 75.2 Å². The first kappa shape index (κ1) is 22.7. The first-order valence-electron chi connectivity index (χ1n) is 11.7. The zero-order chi connectivity index (χ0) is 21.7. The van der Waals surface area contributed by atoms with Gasteiger partial charge in [-0.05, 0) is 45.4 Å². The molecule has 2 heterocycles. The Morgan fingerprint density at radius 3 is 2.33 bits per heavy atom. The van der Waals surface area contributed by atoms with E-state index in [1.165, 1.54) is 19.3 Å². The molecule has 1 saturated heterocycles. The third-order valence-electron chi connectivity index (χ3n) is 6.47. The normalized spacial score (nSPS) is 20.4. The van der Waals surface area contributed by atoms with Gasteiger partial charge in [0.25, 0.3) is 0 Å². The molecule has 1 aliphatic carbocycles. The molecule has 166 valence electrons. The van der Waals surface area contributed by atoms with E-state index in [-0.39, 0.29) is 17.7 Å². The van der Waals surface area contributed by atoms with Crippen molar-refractivity contribution in [3.63, 3.8) is 0 Å². The van der Waals surface area contributed by atoms with Crippen LogP contribution in [0, 0.1) is 19.8 Å². The predicted molar refractivity (Wildman–Crippen MR) is 118 cm³/mol. The third-order valence-corrected chi connectivity index (χ3v) is 6.47. The quantitative estimate of drug-likeness (QED) is 0.767. The fraction of sp³-hybridized carbons (Fsp3) is 0.750. The largest absolute Gasteiger partial charge is 0.353 e. The highest BCUT2D eigenvalue weighted by atomic mass is 16.2. The molecule has 1 aromatic heterocycles. The van der Waals surface area contributed by atoms with Crippen LogP contribution in [-0.2, 0) is 16.0 Å². The molecule has 1 aromatic rings. The molecule has 2 amide bonds. The maximum atomic E-state index is 12.6. The number of carbonyl (C=O) groups is 2. The van der Waals surface area contributed by atoms with Crippen molar-refractivity contribution in [3.8, 4) is 0 Å². The van der Waals surface area contributed by atoms with E-state index in [2.05, 4.69) is 19.2 Å². The van der Waals surface area contributed by atoms with Crippen LogP contribution in [0.25, 0.3) is 0 Å². The zero-order valence-corrected chi connectivity index (χ0v) is 19.2. The van der Waals surface area contributed by atoms with Gasteiger partial charge in [-0.15, -0.1) is 0 Å². The standard InChI is InChI=1S/C24H38N4O2/c1-16(2)13-23(30)28-12-8-9-19(15-28)24-25-17(3)21(18(4)26-24)14-22(29)27-20-10-6-5-7-11-20/h16,19-20H,5-15H2,1-4H3,(H,27,29)/t19-/m1/s1. The van der Waals surface area contributed by atoms with Gasteiger partial charge in [0.2, 0.25) is 11.8 Å². The molecule has 30 heavy (non-hydrogen) atoms. The summed E-state index contributed by atoms with van der Waals surface area (Å²) in [5.74, 6) is 1.69. The van der Waals surface area contributed by atoms with Gasteiger partial charge in [-0.3, -0.25) is 9.59 Å². The van der Waals surface area contributed by atoms with Crippen LogP contribution in [0.1, 0.15) is 93.9 Å². The molecule has 2 aliphatic rings. The highest BCUT2D eigenvalue weighted by Crippen LogP contribution is 2.27. The average Bonchev–Trinajstić information content (AvgIpc) is 2.71. The van der Waals surface area contributed by atoms with Crippen LogP contribution in [-0.4, -0.2) is 45.8 Å². The Bertz CT molecular complexity index is 733. The molecule has 6 heteroatoms. The maximum absolute atomic E-state index is 12.6. The van der Waals surface area contributed by atoms with E-state index < -0.39 is 0 Å². The number of carbonyl (C=O) groups excluding carboxylic acids is 2. The van der Waals surface area contributed by atoms with Gasteiger partial charge in [-0.2, -0.15) is 0 Å². The number of amides is 2. The summed E-state index contributed by atoms with van der Waals surface area (Å²) in [5, 5.41) is 3.19. The Labute approximate surface area is 181 Å². The summed E-state index contributed by atoms with van der Waals surface area (Å²) >= 11 is 0. The van der Waals surface area contributed by atoms with Crippen LogP contribution >= 0.6 is 0 Å². The summed E-state index contributed by atoms with van der Waals surface area (Å²) in [4.78, 5) is 36.6. The number of likely N-dealkylation sites (tertiary alicyclic amines) is 1. The van der Waals surface area contributed by atoms with Crippen LogP contribution < -0.4 is 5.32 Å². The third kappa shape index (κ3) is 6.02. The van der Waals surface area contributed by atoms with E-state index in [1.54, 1.807) is 0 Å². The lowest BCUT2D eigenvalue weighted by Crippen LogP contribution is -2.40. The fourth-order valence-corrected chi connectivity index (χ4v) is 4.78. The Morgan fingerprint density at radius 2 is 1.70 bits per heavy atom. The summed E-state index contributed by atoms with van der Waals surface area (Å²) in [6, 6.07) is 0.323. The molecule has 0 unspecified atom stereocenters. The lowest BCUT2D eigenvalue weighted by molar-refractivity contribution is -0.133. The Morgan fingerprint density at radius 1 is 1.03 bits per heavy atom. The van der Waals surface area contributed by atoms with Gasteiger partial charge in [0, 0.05) is 48.4 Å². The van der Waals surface area contributed by atoms with Crippen molar-refractivity contribution >= 4 is 11.8 Å². The van der Waals surface area contributed by atoms with Crippen molar-refractivity contribution in [3.05, 3.63) is 22.8 Å². The van der Waals surface area contributed by atoms with E-state index in [1.807, 2.05) is 18.7 Å². The van der Waals surface area contributed by atoms with E-state index >= 15 is 0 Å². The van der Waals surface area contributed by atoms with Gasteiger partial charge < -0.3 is 10.2 Å². The molecular formula is C24H38N4O2. The highest BCUT2D eigenvalue weighted by molar-refractivity contribution is 5.79. The predicted octanol–water partition coefficient (Wildman–Crippen LogP) is 3.84. The molecule has 1 N–H and O–H groups in total. The number of aryl methyl sites for hydroxylation is 2. The number of piperidine rings is 1. The average molecular weight is 415 g/mol. The van der Waals surface area contributed by atoms with Crippen molar-refractivity contribution in [2.45, 2.75) is 97.4 Å².